The highest BCUT2D eigenvalue weighted by atomic mass is 16.4. The summed E-state index contributed by atoms with van der Waals surface area (Å²) in [6.45, 7) is 5.68. The number of aliphatic carboxylic acids is 1. The molecule has 3 heteroatoms. The number of carboxylic acids is 1. The summed E-state index contributed by atoms with van der Waals surface area (Å²) in [5.41, 5.74) is 0. The summed E-state index contributed by atoms with van der Waals surface area (Å²) in [7, 11) is 2.19. The minimum Gasteiger partial charge on any atom is -0.481 e. The highest BCUT2D eigenvalue weighted by Crippen LogP contribution is 2.27. The Kier molecular flexibility index (Phi) is 5.96. The van der Waals surface area contributed by atoms with E-state index in [2.05, 4.69) is 25.8 Å². The third-order valence-electron chi connectivity index (χ3n) is 3.96. The molecule has 0 aliphatic heterocycles. The van der Waals surface area contributed by atoms with Gasteiger partial charge in [-0.3, -0.25) is 4.79 Å². The lowest BCUT2D eigenvalue weighted by molar-refractivity contribution is -0.143. The van der Waals surface area contributed by atoms with Crippen molar-refractivity contribution < 1.29 is 9.90 Å². The van der Waals surface area contributed by atoms with Crippen molar-refractivity contribution in [2.24, 2.45) is 11.8 Å². The van der Waals surface area contributed by atoms with E-state index < -0.39 is 5.97 Å². The molecule has 0 heterocycles. The van der Waals surface area contributed by atoms with Gasteiger partial charge in [-0.2, -0.15) is 0 Å². The zero-order chi connectivity index (χ0) is 12.8. The van der Waals surface area contributed by atoms with Crippen LogP contribution in [0.15, 0.2) is 0 Å². The van der Waals surface area contributed by atoms with Crippen LogP contribution in [0, 0.1) is 11.8 Å². The van der Waals surface area contributed by atoms with E-state index >= 15 is 0 Å². The first-order valence-electron chi connectivity index (χ1n) is 6.93. The lowest BCUT2D eigenvalue weighted by Gasteiger charge is -2.33. The van der Waals surface area contributed by atoms with E-state index in [1.807, 2.05) is 0 Å². The van der Waals surface area contributed by atoms with Crippen LogP contribution >= 0.6 is 0 Å². The van der Waals surface area contributed by atoms with Gasteiger partial charge in [0.15, 0.2) is 0 Å². The quantitative estimate of drug-likeness (QED) is 0.777. The van der Waals surface area contributed by atoms with Crippen molar-refractivity contribution in [2.45, 2.75) is 58.4 Å². The normalized spacial score (nSPS) is 25.5. The van der Waals surface area contributed by atoms with Gasteiger partial charge < -0.3 is 10.0 Å². The van der Waals surface area contributed by atoms with Crippen molar-refractivity contribution in [1.29, 1.82) is 0 Å². The molecule has 0 aromatic carbocycles. The fourth-order valence-electron chi connectivity index (χ4n) is 2.70. The van der Waals surface area contributed by atoms with Gasteiger partial charge in [0.1, 0.15) is 0 Å². The second-order valence-corrected chi connectivity index (χ2v) is 5.86. The molecule has 0 radical (unpaired) electrons. The fraction of sp³-hybridized carbons (Fsp3) is 0.929. The van der Waals surface area contributed by atoms with E-state index in [1.165, 1.54) is 12.8 Å². The molecule has 0 saturated heterocycles. The molecule has 0 unspecified atom stereocenters. The minimum atomic E-state index is -0.606. The van der Waals surface area contributed by atoms with Crippen molar-refractivity contribution in [1.82, 2.24) is 4.90 Å². The van der Waals surface area contributed by atoms with Crippen LogP contribution < -0.4 is 0 Å². The molecule has 1 aliphatic carbocycles. The molecule has 0 aromatic rings. The van der Waals surface area contributed by atoms with Crippen LogP contribution in [0.4, 0.5) is 0 Å². The Hall–Kier alpha value is -0.570. The van der Waals surface area contributed by atoms with Crippen LogP contribution in [0.2, 0.25) is 0 Å². The van der Waals surface area contributed by atoms with E-state index in [9.17, 15) is 4.79 Å². The monoisotopic (exact) mass is 241 g/mol. The van der Waals surface area contributed by atoms with Gasteiger partial charge in [-0.05, 0) is 58.0 Å². The van der Waals surface area contributed by atoms with E-state index in [-0.39, 0.29) is 5.92 Å². The number of rotatable bonds is 6. The van der Waals surface area contributed by atoms with Crippen molar-refractivity contribution in [2.75, 3.05) is 13.6 Å². The molecule has 0 bridgehead atoms. The number of nitrogens with zero attached hydrogens (tertiary/aromatic N) is 1. The van der Waals surface area contributed by atoms with Gasteiger partial charge >= 0.3 is 5.97 Å². The summed E-state index contributed by atoms with van der Waals surface area (Å²) in [4.78, 5) is 13.3. The summed E-state index contributed by atoms with van der Waals surface area (Å²) in [5.74, 6) is 0.0902. The minimum absolute atomic E-state index is 0.0877. The van der Waals surface area contributed by atoms with Crippen LogP contribution in [0.25, 0.3) is 0 Å². The lowest BCUT2D eigenvalue weighted by atomic mass is 9.85. The SMILES string of the molecule is CC(C)CCCN(C)C1CCC(C(=O)O)CC1. The van der Waals surface area contributed by atoms with Crippen LogP contribution in [-0.2, 0) is 4.79 Å². The van der Waals surface area contributed by atoms with Crippen LogP contribution in [0.1, 0.15) is 52.4 Å². The molecule has 0 amide bonds. The Morgan fingerprint density at radius 3 is 2.35 bits per heavy atom. The molecule has 1 aliphatic rings. The Morgan fingerprint density at radius 1 is 1.29 bits per heavy atom. The average molecular weight is 241 g/mol. The van der Waals surface area contributed by atoms with Crippen molar-refractivity contribution >= 4 is 5.97 Å². The van der Waals surface area contributed by atoms with Gasteiger partial charge in [-0.15, -0.1) is 0 Å². The van der Waals surface area contributed by atoms with Gasteiger partial charge in [0.05, 0.1) is 5.92 Å². The third-order valence-corrected chi connectivity index (χ3v) is 3.96. The summed E-state index contributed by atoms with van der Waals surface area (Å²) in [6.07, 6.45) is 6.36. The zero-order valence-corrected chi connectivity index (χ0v) is 11.5. The van der Waals surface area contributed by atoms with Crippen LogP contribution in [0.5, 0.6) is 0 Å². The smallest absolute Gasteiger partial charge is 0.306 e. The van der Waals surface area contributed by atoms with Crippen LogP contribution in [0.3, 0.4) is 0 Å². The number of carbonyl (C=O) groups is 1. The fourth-order valence-corrected chi connectivity index (χ4v) is 2.70. The Bertz CT molecular complexity index is 232. The maximum atomic E-state index is 10.9. The van der Waals surface area contributed by atoms with Gasteiger partial charge in [0, 0.05) is 6.04 Å². The van der Waals surface area contributed by atoms with Crippen LogP contribution in [-0.4, -0.2) is 35.6 Å². The zero-order valence-electron chi connectivity index (χ0n) is 11.5. The molecular weight excluding hydrogens is 214 g/mol. The third kappa shape index (κ3) is 5.07. The molecule has 1 saturated carbocycles. The number of hydrogen-bond donors (Lipinski definition) is 1. The Morgan fingerprint density at radius 2 is 1.88 bits per heavy atom. The first-order chi connectivity index (χ1) is 8.00. The maximum Gasteiger partial charge on any atom is 0.306 e. The first kappa shape index (κ1) is 14.5. The summed E-state index contributed by atoms with van der Waals surface area (Å²) < 4.78 is 0. The van der Waals surface area contributed by atoms with E-state index in [4.69, 9.17) is 5.11 Å². The molecular formula is C14H27NO2. The lowest BCUT2D eigenvalue weighted by Crippen LogP contribution is -2.37. The molecule has 1 rings (SSSR count). The Balaban J connectivity index is 2.21. The highest BCUT2D eigenvalue weighted by Gasteiger charge is 2.27. The number of carboxylic acid groups (broad SMARTS) is 1. The molecule has 17 heavy (non-hydrogen) atoms. The molecule has 1 fully saturated rings. The molecule has 0 spiro atoms. The van der Waals surface area contributed by atoms with Gasteiger partial charge in [0.2, 0.25) is 0 Å². The molecule has 1 N–H and O–H groups in total. The van der Waals surface area contributed by atoms with Crippen molar-refractivity contribution in [3.8, 4) is 0 Å². The average Bonchev–Trinajstić information content (AvgIpc) is 2.28. The molecule has 100 valence electrons. The molecule has 0 aromatic heterocycles. The maximum absolute atomic E-state index is 10.9. The van der Waals surface area contributed by atoms with E-state index in [1.54, 1.807) is 0 Å². The van der Waals surface area contributed by atoms with Crippen molar-refractivity contribution in [3.05, 3.63) is 0 Å². The van der Waals surface area contributed by atoms with Gasteiger partial charge in [-0.25, -0.2) is 0 Å². The standard InChI is InChI=1S/C14H27NO2/c1-11(2)5-4-10-15(3)13-8-6-12(7-9-13)14(16)17/h11-13H,4-10H2,1-3H3,(H,16,17). The molecule has 0 atom stereocenters. The molecule has 3 nitrogen and oxygen atoms in total. The van der Waals surface area contributed by atoms with E-state index in [0.29, 0.717) is 6.04 Å². The largest absolute Gasteiger partial charge is 0.481 e. The second kappa shape index (κ2) is 7.00. The highest BCUT2D eigenvalue weighted by molar-refractivity contribution is 5.70. The topological polar surface area (TPSA) is 40.5 Å². The van der Waals surface area contributed by atoms with Gasteiger partial charge in [-0.1, -0.05) is 13.8 Å². The van der Waals surface area contributed by atoms with Crippen molar-refractivity contribution in [3.63, 3.8) is 0 Å². The second-order valence-electron chi connectivity index (χ2n) is 5.86. The summed E-state index contributed by atoms with van der Waals surface area (Å²) in [5, 5.41) is 8.95. The first-order valence-corrected chi connectivity index (χ1v) is 6.93. The summed E-state index contributed by atoms with van der Waals surface area (Å²) in [6, 6.07) is 0.609. The number of hydrogen-bond acceptors (Lipinski definition) is 2. The van der Waals surface area contributed by atoms with Gasteiger partial charge in [0.25, 0.3) is 0 Å². The Labute approximate surface area is 105 Å². The summed E-state index contributed by atoms with van der Waals surface area (Å²) >= 11 is 0. The predicted octanol–water partition coefficient (Wildman–Crippen LogP) is 3.00. The predicted molar refractivity (Wildman–Crippen MR) is 70.1 cm³/mol. The van der Waals surface area contributed by atoms with E-state index in [0.717, 1.165) is 38.1 Å².